The van der Waals surface area contributed by atoms with E-state index in [9.17, 15) is 4.39 Å². The van der Waals surface area contributed by atoms with Crippen LogP contribution >= 0.6 is 0 Å². The number of hydrogen-bond acceptors (Lipinski definition) is 3. The zero-order chi connectivity index (χ0) is 13.0. The van der Waals surface area contributed by atoms with Crippen LogP contribution in [0.5, 0.6) is 5.75 Å². The predicted molar refractivity (Wildman–Crippen MR) is 67.8 cm³/mol. The second-order valence-corrected chi connectivity index (χ2v) is 3.85. The lowest BCUT2D eigenvalue weighted by molar-refractivity contribution is 0.335. The van der Waals surface area contributed by atoms with Crippen LogP contribution in [0.3, 0.4) is 0 Å². The molecule has 0 aliphatic heterocycles. The SMILES string of the molecule is CCOc1ccccc1C(N)c1ccncc1F. The number of halogens is 1. The summed E-state index contributed by atoms with van der Waals surface area (Å²) < 4.78 is 19.2. The highest BCUT2D eigenvalue weighted by atomic mass is 19.1. The molecule has 94 valence electrons. The molecular formula is C14H15FN2O. The van der Waals surface area contributed by atoms with E-state index in [1.165, 1.54) is 12.4 Å². The number of ether oxygens (including phenoxy) is 1. The molecule has 2 rings (SSSR count). The fraction of sp³-hybridized carbons (Fsp3) is 0.214. The molecule has 0 saturated heterocycles. The Balaban J connectivity index is 2.40. The normalized spacial score (nSPS) is 12.2. The molecule has 3 nitrogen and oxygen atoms in total. The number of aromatic nitrogens is 1. The Morgan fingerprint density at radius 1 is 1.28 bits per heavy atom. The van der Waals surface area contributed by atoms with Gasteiger partial charge in [0.15, 0.2) is 0 Å². The van der Waals surface area contributed by atoms with Gasteiger partial charge in [-0.15, -0.1) is 0 Å². The molecule has 2 N–H and O–H groups in total. The summed E-state index contributed by atoms with van der Waals surface area (Å²) in [6.45, 7) is 2.44. The standard InChI is InChI=1S/C14H15FN2O/c1-2-18-13-6-4-3-5-11(13)14(16)10-7-8-17-9-12(10)15/h3-9,14H,2,16H2,1H3. The number of pyridine rings is 1. The van der Waals surface area contributed by atoms with Crippen molar-refractivity contribution in [3.05, 3.63) is 59.7 Å². The van der Waals surface area contributed by atoms with Gasteiger partial charge in [0.1, 0.15) is 11.6 Å². The van der Waals surface area contributed by atoms with Gasteiger partial charge in [-0.25, -0.2) is 4.39 Å². The molecule has 0 aliphatic rings. The van der Waals surface area contributed by atoms with Gasteiger partial charge in [0.2, 0.25) is 0 Å². The average Bonchev–Trinajstić information content (AvgIpc) is 2.40. The Bertz CT molecular complexity index is 531. The molecule has 0 spiro atoms. The highest BCUT2D eigenvalue weighted by molar-refractivity contribution is 5.41. The number of rotatable bonds is 4. The molecular weight excluding hydrogens is 231 g/mol. The Morgan fingerprint density at radius 3 is 2.78 bits per heavy atom. The van der Waals surface area contributed by atoms with Gasteiger partial charge in [-0.05, 0) is 19.1 Å². The van der Waals surface area contributed by atoms with Crippen LogP contribution in [0.4, 0.5) is 4.39 Å². The lowest BCUT2D eigenvalue weighted by Gasteiger charge is -2.17. The second kappa shape index (κ2) is 5.60. The molecule has 1 unspecified atom stereocenters. The number of benzene rings is 1. The number of nitrogens with zero attached hydrogens (tertiary/aromatic N) is 1. The molecule has 4 heteroatoms. The van der Waals surface area contributed by atoms with Gasteiger partial charge in [0.25, 0.3) is 0 Å². The summed E-state index contributed by atoms with van der Waals surface area (Å²) in [5.41, 5.74) is 7.28. The first-order chi connectivity index (χ1) is 8.74. The summed E-state index contributed by atoms with van der Waals surface area (Å²) in [6, 6.07) is 8.42. The van der Waals surface area contributed by atoms with E-state index in [0.717, 1.165) is 5.56 Å². The van der Waals surface area contributed by atoms with Crippen LogP contribution in [0.1, 0.15) is 24.1 Å². The zero-order valence-electron chi connectivity index (χ0n) is 10.1. The average molecular weight is 246 g/mol. The largest absolute Gasteiger partial charge is 0.494 e. The summed E-state index contributed by atoms with van der Waals surface area (Å²) in [5, 5.41) is 0. The molecule has 2 aromatic rings. The van der Waals surface area contributed by atoms with Crippen molar-refractivity contribution in [3.63, 3.8) is 0 Å². The van der Waals surface area contributed by atoms with E-state index >= 15 is 0 Å². The lowest BCUT2D eigenvalue weighted by atomic mass is 9.99. The molecule has 1 aromatic carbocycles. The summed E-state index contributed by atoms with van der Waals surface area (Å²) in [7, 11) is 0. The number of hydrogen-bond donors (Lipinski definition) is 1. The minimum Gasteiger partial charge on any atom is -0.494 e. The van der Waals surface area contributed by atoms with Crippen molar-refractivity contribution in [1.29, 1.82) is 0 Å². The summed E-state index contributed by atoms with van der Waals surface area (Å²) >= 11 is 0. The summed E-state index contributed by atoms with van der Waals surface area (Å²) in [6.07, 6.45) is 2.69. The first-order valence-electron chi connectivity index (χ1n) is 5.80. The number of nitrogens with two attached hydrogens (primary N) is 1. The van der Waals surface area contributed by atoms with Crippen LogP contribution in [0.25, 0.3) is 0 Å². The highest BCUT2D eigenvalue weighted by Crippen LogP contribution is 2.29. The van der Waals surface area contributed by atoms with E-state index in [1.807, 2.05) is 31.2 Å². The third-order valence-electron chi connectivity index (χ3n) is 2.69. The third kappa shape index (κ3) is 2.49. The van der Waals surface area contributed by atoms with Crippen molar-refractivity contribution in [3.8, 4) is 5.75 Å². The van der Waals surface area contributed by atoms with Crippen LogP contribution in [0.15, 0.2) is 42.7 Å². The monoisotopic (exact) mass is 246 g/mol. The summed E-state index contributed by atoms with van der Waals surface area (Å²) in [4.78, 5) is 3.72. The van der Waals surface area contributed by atoms with E-state index in [-0.39, 0.29) is 0 Å². The Hall–Kier alpha value is -1.94. The fourth-order valence-electron chi connectivity index (χ4n) is 1.83. The Morgan fingerprint density at radius 2 is 2.06 bits per heavy atom. The molecule has 0 saturated carbocycles. The van der Waals surface area contributed by atoms with Crippen LogP contribution in [0, 0.1) is 5.82 Å². The van der Waals surface area contributed by atoms with Gasteiger partial charge in [-0.1, -0.05) is 18.2 Å². The molecule has 0 amide bonds. The van der Waals surface area contributed by atoms with Gasteiger partial charge in [0, 0.05) is 17.3 Å². The van der Waals surface area contributed by atoms with Gasteiger partial charge in [-0.3, -0.25) is 4.98 Å². The highest BCUT2D eigenvalue weighted by Gasteiger charge is 2.17. The lowest BCUT2D eigenvalue weighted by Crippen LogP contribution is -2.15. The van der Waals surface area contributed by atoms with E-state index in [2.05, 4.69) is 4.98 Å². The van der Waals surface area contributed by atoms with Crippen molar-refractivity contribution in [1.82, 2.24) is 4.98 Å². The van der Waals surface area contributed by atoms with Crippen molar-refractivity contribution < 1.29 is 9.13 Å². The maximum absolute atomic E-state index is 13.7. The van der Waals surface area contributed by atoms with Gasteiger partial charge in [0.05, 0.1) is 18.8 Å². The first-order valence-corrected chi connectivity index (χ1v) is 5.80. The van der Waals surface area contributed by atoms with Crippen LogP contribution in [-0.4, -0.2) is 11.6 Å². The van der Waals surface area contributed by atoms with E-state index < -0.39 is 11.9 Å². The second-order valence-electron chi connectivity index (χ2n) is 3.85. The van der Waals surface area contributed by atoms with Crippen LogP contribution in [-0.2, 0) is 0 Å². The molecule has 0 bridgehead atoms. The van der Waals surface area contributed by atoms with Crippen molar-refractivity contribution >= 4 is 0 Å². The van der Waals surface area contributed by atoms with Gasteiger partial charge in [-0.2, -0.15) is 0 Å². The molecule has 18 heavy (non-hydrogen) atoms. The van der Waals surface area contributed by atoms with Gasteiger partial charge >= 0.3 is 0 Å². The Labute approximate surface area is 105 Å². The predicted octanol–water partition coefficient (Wildman–Crippen LogP) is 2.67. The molecule has 1 aromatic heterocycles. The van der Waals surface area contributed by atoms with Crippen LogP contribution < -0.4 is 10.5 Å². The molecule has 0 aliphatic carbocycles. The maximum atomic E-state index is 13.7. The van der Waals surface area contributed by atoms with Crippen molar-refractivity contribution in [2.75, 3.05) is 6.61 Å². The minimum atomic E-state index is -0.559. The topological polar surface area (TPSA) is 48.1 Å². The van der Waals surface area contributed by atoms with Crippen LogP contribution in [0.2, 0.25) is 0 Å². The Kier molecular flexibility index (Phi) is 3.89. The first kappa shape index (κ1) is 12.5. The van der Waals surface area contributed by atoms with E-state index in [1.54, 1.807) is 6.07 Å². The fourth-order valence-corrected chi connectivity index (χ4v) is 1.83. The molecule has 0 radical (unpaired) electrons. The maximum Gasteiger partial charge on any atom is 0.146 e. The molecule has 1 atom stereocenters. The van der Waals surface area contributed by atoms with Gasteiger partial charge < -0.3 is 10.5 Å². The third-order valence-corrected chi connectivity index (χ3v) is 2.69. The smallest absolute Gasteiger partial charge is 0.146 e. The quantitative estimate of drug-likeness (QED) is 0.902. The molecule has 1 heterocycles. The minimum absolute atomic E-state index is 0.406. The van der Waals surface area contributed by atoms with E-state index in [4.69, 9.17) is 10.5 Å². The van der Waals surface area contributed by atoms with E-state index in [0.29, 0.717) is 17.9 Å². The van der Waals surface area contributed by atoms with Crippen molar-refractivity contribution in [2.45, 2.75) is 13.0 Å². The molecule has 0 fully saturated rings. The zero-order valence-corrected chi connectivity index (χ0v) is 10.1. The summed E-state index contributed by atoms with van der Waals surface area (Å²) in [5.74, 6) is 0.278. The van der Waals surface area contributed by atoms with Crippen molar-refractivity contribution in [2.24, 2.45) is 5.73 Å². The number of para-hydroxylation sites is 1.